The van der Waals surface area contributed by atoms with E-state index in [-0.39, 0.29) is 24.5 Å². The molecule has 1 heterocycles. The number of anilines is 1. The fourth-order valence-electron chi connectivity index (χ4n) is 2.73. The van der Waals surface area contributed by atoms with Gasteiger partial charge in [-0.25, -0.2) is 0 Å². The number of ether oxygens (including phenoxy) is 2. The molecular formula is C20H22N2O4. The summed E-state index contributed by atoms with van der Waals surface area (Å²) in [7, 11) is 0. The fraction of sp³-hybridized carbons (Fsp3) is 0.300. The quantitative estimate of drug-likeness (QED) is 0.801. The van der Waals surface area contributed by atoms with Gasteiger partial charge in [-0.1, -0.05) is 30.3 Å². The van der Waals surface area contributed by atoms with E-state index in [4.69, 9.17) is 9.47 Å². The molecule has 6 heteroatoms. The lowest BCUT2D eigenvalue weighted by molar-refractivity contribution is -0.123. The van der Waals surface area contributed by atoms with E-state index in [0.29, 0.717) is 23.5 Å². The molecule has 0 radical (unpaired) electrons. The molecule has 3 rings (SSSR count). The van der Waals surface area contributed by atoms with E-state index in [1.807, 2.05) is 18.2 Å². The van der Waals surface area contributed by atoms with Crippen LogP contribution in [0.15, 0.2) is 54.6 Å². The van der Waals surface area contributed by atoms with Crippen LogP contribution in [0.5, 0.6) is 5.75 Å². The molecule has 0 aliphatic carbocycles. The maximum absolute atomic E-state index is 12.5. The molecule has 2 N–H and O–H groups in total. The summed E-state index contributed by atoms with van der Waals surface area (Å²) in [5, 5.41) is 5.61. The second-order valence-corrected chi connectivity index (χ2v) is 6.04. The van der Waals surface area contributed by atoms with Crippen LogP contribution in [0.3, 0.4) is 0 Å². The minimum atomic E-state index is -0.286. The highest BCUT2D eigenvalue weighted by Crippen LogP contribution is 2.19. The van der Waals surface area contributed by atoms with Gasteiger partial charge in [0.05, 0.1) is 11.7 Å². The molecule has 6 nitrogen and oxygen atoms in total. The second-order valence-electron chi connectivity index (χ2n) is 6.04. The van der Waals surface area contributed by atoms with Crippen LogP contribution in [0.2, 0.25) is 0 Å². The zero-order valence-corrected chi connectivity index (χ0v) is 14.4. The number of para-hydroxylation sites is 2. The molecule has 1 atom stereocenters. The zero-order chi connectivity index (χ0) is 18.2. The average molecular weight is 354 g/mol. The highest BCUT2D eigenvalue weighted by Gasteiger charge is 2.17. The highest BCUT2D eigenvalue weighted by atomic mass is 16.5. The van der Waals surface area contributed by atoms with Gasteiger partial charge in [0, 0.05) is 18.8 Å². The van der Waals surface area contributed by atoms with Crippen LogP contribution >= 0.6 is 0 Å². The third-order valence-corrected chi connectivity index (χ3v) is 4.07. The van der Waals surface area contributed by atoms with Gasteiger partial charge >= 0.3 is 0 Å². The van der Waals surface area contributed by atoms with Crippen LogP contribution in [0, 0.1) is 0 Å². The third-order valence-electron chi connectivity index (χ3n) is 4.07. The Labute approximate surface area is 152 Å². The fourth-order valence-corrected chi connectivity index (χ4v) is 2.73. The van der Waals surface area contributed by atoms with E-state index in [0.717, 1.165) is 19.4 Å². The van der Waals surface area contributed by atoms with Gasteiger partial charge in [0.2, 0.25) is 0 Å². The van der Waals surface area contributed by atoms with Crippen LogP contribution in [-0.2, 0) is 9.53 Å². The van der Waals surface area contributed by atoms with E-state index in [1.165, 1.54) is 0 Å². The van der Waals surface area contributed by atoms with Gasteiger partial charge in [-0.05, 0) is 37.1 Å². The Hall–Kier alpha value is -2.86. The smallest absolute Gasteiger partial charge is 0.259 e. The van der Waals surface area contributed by atoms with Gasteiger partial charge in [0.15, 0.2) is 6.61 Å². The first-order valence-corrected chi connectivity index (χ1v) is 8.69. The number of hydrogen-bond donors (Lipinski definition) is 2. The predicted octanol–water partition coefficient (Wildman–Crippen LogP) is 2.61. The lowest BCUT2D eigenvalue weighted by atomic mass is 10.2. The lowest BCUT2D eigenvalue weighted by Crippen LogP contribution is -2.35. The SMILES string of the molecule is O=C(COc1ccccc1C(=O)Nc1ccccc1)NC[C@H]1CCCO1. The van der Waals surface area contributed by atoms with Crippen molar-refractivity contribution in [3.8, 4) is 5.75 Å². The summed E-state index contributed by atoms with van der Waals surface area (Å²) in [6.07, 6.45) is 2.08. The van der Waals surface area contributed by atoms with Crippen LogP contribution in [-0.4, -0.2) is 37.7 Å². The van der Waals surface area contributed by atoms with Crippen molar-refractivity contribution in [2.24, 2.45) is 0 Å². The van der Waals surface area contributed by atoms with Crippen LogP contribution < -0.4 is 15.4 Å². The molecule has 2 aromatic carbocycles. The lowest BCUT2D eigenvalue weighted by Gasteiger charge is -2.13. The molecule has 0 unspecified atom stereocenters. The first kappa shape index (κ1) is 17.9. The minimum absolute atomic E-state index is 0.0860. The number of amides is 2. The summed E-state index contributed by atoms with van der Waals surface area (Å²) < 4.78 is 11.0. The maximum atomic E-state index is 12.5. The van der Waals surface area contributed by atoms with Gasteiger partial charge in [-0.2, -0.15) is 0 Å². The van der Waals surface area contributed by atoms with Gasteiger partial charge in [0.25, 0.3) is 11.8 Å². The van der Waals surface area contributed by atoms with E-state index in [1.54, 1.807) is 36.4 Å². The minimum Gasteiger partial charge on any atom is -0.483 e. The predicted molar refractivity (Wildman–Crippen MR) is 98.3 cm³/mol. The standard InChI is InChI=1S/C20H22N2O4/c23-19(21-13-16-9-6-12-25-16)14-26-18-11-5-4-10-17(18)20(24)22-15-7-2-1-3-8-15/h1-5,7-8,10-11,16H,6,9,12-14H2,(H,21,23)(H,22,24)/t16-/m1/s1. The zero-order valence-electron chi connectivity index (χ0n) is 14.4. The third kappa shape index (κ3) is 5.07. The monoisotopic (exact) mass is 354 g/mol. The molecule has 136 valence electrons. The van der Waals surface area contributed by atoms with E-state index >= 15 is 0 Å². The largest absolute Gasteiger partial charge is 0.483 e. The number of benzene rings is 2. The molecule has 1 fully saturated rings. The Morgan fingerprint density at radius 3 is 2.62 bits per heavy atom. The summed E-state index contributed by atoms with van der Waals surface area (Å²) in [5.41, 5.74) is 1.07. The Kier molecular flexibility index (Phi) is 6.22. The molecule has 2 amide bonds. The topological polar surface area (TPSA) is 76.7 Å². The molecule has 1 aliphatic rings. The first-order chi connectivity index (χ1) is 12.7. The highest BCUT2D eigenvalue weighted by molar-refractivity contribution is 6.06. The number of carbonyl (C=O) groups excluding carboxylic acids is 2. The number of carbonyl (C=O) groups is 2. The van der Waals surface area contributed by atoms with Crippen molar-refractivity contribution in [2.45, 2.75) is 18.9 Å². The van der Waals surface area contributed by atoms with E-state index in [2.05, 4.69) is 10.6 Å². The maximum Gasteiger partial charge on any atom is 0.259 e. The van der Waals surface area contributed by atoms with Gasteiger partial charge in [-0.3, -0.25) is 9.59 Å². The molecular weight excluding hydrogens is 332 g/mol. The summed E-state index contributed by atoms with van der Waals surface area (Å²) in [6.45, 7) is 1.08. The van der Waals surface area contributed by atoms with Gasteiger partial charge in [0.1, 0.15) is 5.75 Å². The van der Waals surface area contributed by atoms with Crippen molar-refractivity contribution in [1.29, 1.82) is 0 Å². The molecule has 1 aliphatic heterocycles. The molecule has 0 aromatic heterocycles. The summed E-state index contributed by atoms with van der Waals surface area (Å²) in [5.74, 6) is -0.154. The van der Waals surface area contributed by atoms with Crippen molar-refractivity contribution in [3.63, 3.8) is 0 Å². The van der Waals surface area contributed by atoms with Gasteiger partial charge < -0.3 is 20.1 Å². The van der Waals surface area contributed by atoms with Crippen LogP contribution in [0.1, 0.15) is 23.2 Å². The Morgan fingerprint density at radius 2 is 1.85 bits per heavy atom. The number of nitrogens with one attached hydrogen (secondary N) is 2. The first-order valence-electron chi connectivity index (χ1n) is 8.69. The van der Waals surface area contributed by atoms with Crippen LogP contribution in [0.4, 0.5) is 5.69 Å². The van der Waals surface area contributed by atoms with Gasteiger partial charge in [-0.15, -0.1) is 0 Å². The van der Waals surface area contributed by atoms with Crippen LogP contribution in [0.25, 0.3) is 0 Å². The molecule has 26 heavy (non-hydrogen) atoms. The molecule has 0 bridgehead atoms. The Bertz CT molecular complexity index is 742. The average Bonchev–Trinajstić information content (AvgIpc) is 3.19. The number of rotatable bonds is 7. The Balaban J connectivity index is 1.54. The summed E-state index contributed by atoms with van der Waals surface area (Å²) in [4.78, 5) is 24.4. The molecule has 0 saturated carbocycles. The second kappa shape index (κ2) is 9.01. The van der Waals surface area contributed by atoms with Crippen molar-refractivity contribution in [2.75, 3.05) is 25.1 Å². The summed E-state index contributed by atoms with van der Waals surface area (Å²) >= 11 is 0. The normalized spacial score (nSPS) is 16.1. The number of hydrogen-bond acceptors (Lipinski definition) is 4. The van der Waals surface area contributed by atoms with E-state index < -0.39 is 0 Å². The molecule has 0 spiro atoms. The van der Waals surface area contributed by atoms with Crippen molar-refractivity contribution in [1.82, 2.24) is 5.32 Å². The van der Waals surface area contributed by atoms with E-state index in [9.17, 15) is 9.59 Å². The van der Waals surface area contributed by atoms with Crippen molar-refractivity contribution < 1.29 is 19.1 Å². The summed E-state index contributed by atoms with van der Waals surface area (Å²) in [6, 6.07) is 16.0. The van der Waals surface area contributed by atoms with Crippen molar-refractivity contribution in [3.05, 3.63) is 60.2 Å². The van der Waals surface area contributed by atoms with Crippen molar-refractivity contribution >= 4 is 17.5 Å². The Morgan fingerprint density at radius 1 is 1.08 bits per heavy atom. The molecule has 1 saturated heterocycles. The molecule has 2 aromatic rings.